The number of halogens is 1. The first-order valence-electron chi connectivity index (χ1n) is 10.7. The van der Waals surface area contributed by atoms with E-state index < -0.39 is 4.92 Å². The van der Waals surface area contributed by atoms with Gasteiger partial charge in [-0.15, -0.1) is 0 Å². The van der Waals surface area contributed by atoms with Gasteiger partial charge in [0, 0.05) is 22.0 Å². The molecule has 0 aliphatic heterocycles. The summed E-state index contributed by atoms with van der Waals surface area (Å²) in [6.07, 6.45) is 2.19. The van der Waals surface area contributed by atoms with Gasteiger partial charge in [-0.3, -0.25) is 14.9 Å². The highest BCUT2D eigenvalue weighted by molar-refractivity contribution is 9.10. The topological polar surface area (TPSA) is 99.6 Å². The lowest BCUT2D eigenvalue weighted by Crippen LogP contribution is -2.24. The molecule has 8 nitrogen and oxygen atoms in total. The summed E-state index contributed by atoms with van der Waals surface area (Å²) in [6.45, 7) is 10.2. The summed E-state index contributed by atoms with van der Waals surface area (Å²) >= 11 is 3.40. The average molecular weight is 515 g/mol. The van der Waals surface area contributed by atoms with Crippen molar-refractivity contribution < 1.29 is 9.66 Å². The number of nitro benzene ring substituents is 1. The summed E-state index contributed by atoms with van der Waals surface area (Å²) < 4.78 is 7.89. The lowest BCUT2D eigenvalue weighted by molar-refractivity contribution is -0.386. The molecule has 0 amide bonds. The van der Waals surface area contributed by atoms with E-state index in [4.69, 9.17) is 4.74 Å². The Labute approximate surface area is 200 Å². The van der Waals surface area contributed by atoms with Gasteiger partial charge < -0.3 is 4.74 Å². The summed E-state index contributed by atoms with van der Waals surface area (Å²) in [5.41, 5.74) is 0.335. The number of nitro groups is 1. The van der Waals surface area contributed by atoms with Crippen LogP contribution in [-0.2, 0) is 0 Å². The zero-order valence-corrected chi connectivity index (χ0v) is 20.9. The number of aromatic nitrogens is 2. The summed E-state index contributed by atoms with van der Waals surface area (Å²) in [5.74, 6) is 0.622. The molecule has 3 rings (SSSR count). The van der Waals surface area contributed by atoms with Crippen LogP contribution >= 0.6 is 15.9 Å². The molecule has 2 aromatic carbocycles. The SMILES string of the molecule is CC[C@H](C)c1nc2ccc(Br)cc2c(=O)n1N=Cc1cccc([N+](=O)[O-])c1OCC(C)(C)C. The van der Waals surface area contributed by atoms with Gasteiger partial charge in [-0.2, -0.15) is 9.78 Å². The molecule has 33 heavy (non-hydrogen) atoms. The molecule has 1 atom stereocenters. The monoisotopic (exact) mass is 514 g/mol. The molecule has 174 valence electrons. The normalized spacial score (nSPS) is 12.9. The molecule has 0 unspecified atom stereocenters. The predicted octanol–water partition coefficient (Wildman–Crippen LogP) is 5.89. The highest BCUT2D eigenvalue weighted by atomic mass is 79.9. The second kappa shape index (κ2) is 9.82. The third-order valence-electron chi connectivity index (χ3n) is 5.07. The van der Waals surface area contributed by atoms with Gasteiger partial charge in [0.15, 0.2) is 0 Å². The second-order valence-corrected chi connectivity index (χ2v) is 10.0. The highest BCUT2D eigenvalue weighted by Gasteiger charge is 2.22. The fourth-order valence-corrected chi connectivity index (χ4v) is 3.49. The van der Waals surface area contributed by atoms with E-state index in [-0.39, 0.29) is 34.9 Å². The number of para-hydroxylation sites is 1. The summed E-state index contributed by atoms with van der Waals surface area (Å²) in [7, 11) is 0. The quantitative estimate of drug-likeness (QED) is 0.222. The zero-order valence-electron chi connectivity index (χ0n) is 19.3. The van der Waals surface area contributed by atoms with E-state index in [9.17, 15) is 14.9 Å². The van der Waals surface area contributed by atoms with Crippen molar-refractivity contribution in [2.24, 2.45) is 10.5 Å². The fourth-order valence-electron chi connectivity index (χ4n) is 3.13. The van der Waals surface area contributed by atoms with Crippen LogP contribution in [0.2, 0.25) is 0 Å². The smallest absolute Gasteiger partial charge is 0.311 e. The standard InChI is InChI=1S/C24H27BrN4O4/c1-6-15(2)22-27-19-11-10-17(25)12-18(19)23(30)28(22)26-13-16-8-7-9-20(29(31)32)21(16)33-14-24(3,4)5/h7-13,15H,6,14H2,1-5H3/t15-/m0/s1. The molecule has 0 bridgehead atoms. The number of rotatable bonds is 7. The van der Waals surface area contributed by atoms with Gasteiger partial charge in [-0.25, -0.2) is 4.98 Å². The van der Waals surface area contributed by atoms with Crippen molar-refractivity contribution in [3.05, 3.63) is 72.7 Å². The number of benzene rings is 2. The summed E-state index contributed by atoms with van der Waals surface area (Å²) in [6, 6.07) is 9.97. The Morgan fingerprint density at radius 1 is 1.30 bits per heavy atom. The molecule has 0 aliphatic carbocycles. The molecule has 1 aromatic heterocycles. The first kappa shape index (κ1) is 24.6. The van der Waals surface area contributed by atoms with E-state index in [1.54, 1.807) is 24.3 Å². The van der Waals surface area contributed by atoms with Crippen molar-refractivity contribution in [1.82, 2.24) is 9.66 Å². The predicted molar refractivity (Wildman–Crippen MR) is 133 cm³/mol. The number of ether oxygens (including phenoxy) is 1. The number of hydrogen-bond donors (Lipinski definition) is 0. The van der Waals surface area contributed by atoms with Crippen LogP contribution in [0.15, 0.2) is 50.8 Å². The molecule has 3 aromatic rings. The van der Waals surface area contributed by atoms with Crippen molar-refractivity contribution in [1.29, 1.82) is 0 Å². The van der Waals surface area contributed by atoms with Crippen molar-refractivity contribution in [2.45, 2.75) is 47.0 Å². The van der Waals surface area contributed by atoms with E-state index >= 15 is 0 Å². The Kier molecular flexibility index (Phi) is 7.31. The molecule has 0 radical (unpaired) electrons. The average Bonchev–Trinajstić information content (AvgIpc) is 2.76. The maximum Gasteiger partial charge on any atom is 0.311 e. The van der Waals surface area contributed by atoms with Crippen LogP contribution in [0, 0.1) is 15.5 Å². The lowest BCUT2D eigenvalue weighted by atomic mass is 9.98. The van der Waals surface area contributed by atoms with Crippen LogP contribution in [0.3, 0.4) is 0 Å². The molecule has 0 saturated heterocycles. The van der Waals surface area contributed by atoms with Gasteiger partial charge in [0.1, 0.15) is 5.82 Å². The third-order valence-corrected chi connectivity index (χ3v) is 5.56. The fraction of sp³-hybridized carbons (Fsp3) is 0.375. The van der Waals surface area contributed by atoms with E-state index in [1.807, 2.05) is 40.7 Å². The van der Waals surface area contributed by atoms with Gasteiger partial charge in [-0.1, -0.05) is 56.6 Å². The minimum Gasteiger partial charge on any atom is -0.486 e. The minimum atomic E-state index is -0.485. The van der Waals surface area contributed by atoms with E-state index in [0.29, 0.717) is 22.3 Å². The van der Waals surface area contributed by atoms with Crippen LogP contribution in [-0.4, -0.2) is 27.4 Å². The van der Waals surface area contributed by atoms with Gasteiger partial charge in [0.05, 0.1) is 28.6 Å². The summed E-state index contributed by atoms with van der Waals surface area (Å²) in [4.78, 5) is 29.1. The number of hydrogen-bond acceptors (Lipinski definition) is 6. The maximum absolute atomic E-state index is 13.3. The minimum absolute atomic E-state index is 0.0235. The van der Waals surface area contributed by atoms with Gasteiger partial charge in [0.25, 0.3) is 5.56 Å². The van der Waals surface area contributed by atoms with Crippen LogP contribution in [0.1, 0.15) is 58.3 Å². The largest absolute Gasteiger partial charge is 0.486 e. The van der Waals surface area contributed by atoms with Gasteiger partial charge in [0.2, 0.25) is 5.75 Å². The second-order valence-electron chi connectivity index (χ2n) is 9.10. The highest BCUT2D eigenvalue weighted by Crippen LogP contribution is 2.31. The van der Waals surface area contributed by atoms with Crippen LogP contribution in [0.5, 0.6) is 5.75 Å². The molecular formula is C24H27BrN4O4. The molecule has 0 saturated carbocycles. The van der Waals surface area contributed by atoms with Crippen molar-refractivity contribution in [2.75, 3.05) is 6.61 Å². The molecule has 9 heteroatoms. The Morgan fingerprint density at radius 3 is 2.67 bits per heavy atom. The Bertz CT molecular complexity index is 1280. The van der Waals surface area contributed by atoms with E-state index in [1.165, 1.54) is 17.0 Å². The molecule has 1 heterocycles. The van der Waals surface area contributed by atoms with Crippen molar-refractivity contribution in [3.63, 3.8) is 0 Å². The van der Waals surface area contributed by atoms with E-state index in [2.05, 4.69) is 26.0 Å². The lowest BCUT2D eigenvalue weighted by Gasteiger charge is -2.19. The Hall–Kier alpha value is -3.07. The molecule has 0 spiro atoms. The molecule has 0 fully saturated rings. The van der Waals surface area contributed by atoms with Crippen molar-refractivity contribution >= 4 is 38.7 Å². The summed E-state index contributed by atoms with van der Waals surface area (Å²) in [5, 5.41) is 16.5. The van der Waals surface area contributed by atoms with E-state index in [0.717, 1.165) is 10.9 Å². The van der Waals surface area contributed by atoms with Gasteiger partial charge >= 0.3 is 5.69 Å². The maximum atomic E-state index is 13.3. The number of fused-ring (bicyclic) bond motifs is 1. The zero-order chi connectivity index (χ0) is 24.3. The van der Waals surface area contributed by atoms with Crippen LogP contribution < -0.4 is 10.3 Å². The third kappa shape index (κ3) is 5.65. The first-order valence-corrected chi connectivity index (χ1v) is 11.5. The molecule has 0 N–H and O–H groups in total. The van der Waals surface area contributed by atoms with Crippen molar-refractivity contribution in [3.8, 4) is 5.75 Å². The molecule has 0 aliphatic rings. The Balaban J connectivity index is 2.17. The molecular weight excluding hydrogens is 488 g/mol. The number of nitrogens with zero attached hydrogens (tertiary/aromatic N) is 4. The Morgan fingerprint density at radius 2 is 2.03 bits per heavy atom. The first-order chi connectivity index (χ1) is 15.5. The van der Waals surface area contributed by atoms with Crippen LogP contribution in [0.25, 0.3) is 10.9 Å². The van der Waals surface area contributed by atoms with Crippen LogP contribution in [0.4, 0.5) is 5.69 Å². The van der Waals surface area contributed by atoms with Gasteiger partial charge in [-0.05, 0) is 36.1 Å².